The summed E-state index contributed by atoms with van der Waals surface area (Å²) in [6.45, 7) is 1.20. The summed E-state index contributed by atoms with van der Waals surface area (Å²) in [6.07, 6.45) is 1.98. The Bertz CT molecular complexity index is 568. The normalized spacial score (nSPS) is 19.3. The Balaban J connectivity index is 3.34. The lowest BCUT2D eigenvalue weighted by Gasteiger charge is -2.21. The molecular weight excluding hydrogens is 308 g/mol. The number of methoxy groups -OCH3 is 3. The fraction of sp³-hybridized carbons (Fsp3) is 0.467. The molecular formula is C15H18O8. The molecule has 0 amide bonds. The summed E-state index contributed by atoms with van der Waals surface area (Å²) in [5.74, 6) is -2.85. The summed E-state index contributed by atoms with van der Waals surface area (Å²) in [4.78, 5) is 46.7. The molecule has 1 rings (SSSR count). The number of ether oxygens (including phenoxy) is 4. The first-order valence-electron chi connectivity index (χ1n) is 6.62. The van der Waals surface area contributed by atoms with Gasteiger partial charge in [-0.2, -0.15) is 0 Å². The van der Waals surface area contributed by atoms with E-state index in [1.165, 1.54) is 14.0 Å². The van der Waals surface area contributed by atoms with E-state index in [-0.39, 0.29) is 12.8 Å². The van der Waals surface area contributed by atoms with Crippen LogP contribution in [0.15, 0.2) is 23.5 Å². The second kappa shape index (κ2) is 7.57. The molecule has 8 nitrogen and oxygen atoms in total. The van der Waals surface area contributed by atoms with E-state index >= 15 is 0 Å². The van der Waals surface area contributed by atoms with Gasteiger partial charge in [0.25, 0.3) is 0 Å². The molecule has 23 heavy (non-hydrogen) atoms. The first-order valence-corrected chi connectivity index (χ1v) is 6.62. The molecule has 1 aliphatic rings. The molecule has 0 spiro atoms. The van der Waals surface area contributed by atoms with Crippen molar-refractivity contribution in [3.63, 3.8) is 0 Å². The molecule has 0 bridgehead atoms. The number of rotatable bonds is 4. The third-order valence-corrected chi connectivity index (χ3v) is 3.41. The van der Waals surface area contributed by atoms with E-state index in [1.54, 1.807) is 0 Å². The lowest BCUT2D eigenvalue weighted by molar-refractivity contribution is -0.168. The summed E-state index contributed by atoms with van der Waals surface area (Å²) in [5.41, 5.74) is -0.967. The third-order valence-electron chi connectivity index (χ3n) is 3.41. The highest BCUT2D eigenvalue weighted by molar-refractivity contribution is 6.02. The second-order valence-corrected chi connectivity index (χ2v) is 4.86. The molecule has 0 aromatic carbocycles. The fourth-order valence-electron chi connectivity index (χ4n) is 2.32. The summed E-state index contributed by atoms with van der Waals surface area (Å²) in [5, 5.41) is 0. The minimum absolute atomic E-state index is 0.123. The van der Waals surface area contributed by atoms with Gasteiger partial charge in [0, 0.05) is 25.8 Å². The Labute approximate surface area is 133 Å². The van der Waals surface area contributed by atoms with Gasteiger partial charge in [-0.25, -0.2) is 4.79 Å². The number of carbonyl (C=O) groups is 4. The lowest BCUT2D eigenvalue weighted by Crippen LogP contribution is -2.38. The zero-order valence-electron chi connectivity index (χ0n) is 13.3. The highest BCUT2D eigenvalue weighted by Gasteiger charge is 2.54. The van der Waals surface area contributed by atoms with Crippen molar-refractivity contribution in [2.24, 2.45) is 5.41 Å². The standard InChI is InChI=1S/C15H18O8/c1-9(16)23-8-11-7-15(13(18)21-3,14(19)22-4)6-10(11)5-12(17)20-2/h5,8H,6-7H2,1-4H3/b10-5+,11-8+. The van der Waals surface area contributed by atoms with Crippen LogP contribution in [-0.4, -0.2) is 45.2 Å². The van der Waals surface area contributed by atoms with Crippen LogP contribution in [0.2, 0.25) is 0 Å². The lowest BCUT2D eigenvalue weighted by atomic mass is 9.85. The molecule has 0 N–H and O–H groups in total. The van der Waals surface area contributed by atoms with Crippen LogP contribution in [0.5, 0.6) is 0 Å². The Morgan fingerprint density at radius 2 is 1.43 bits per heavy atom. The van der Waals surface area contributed by atoms with E-state index < -0.39 is 29.3 Å². The van der Waals surface area contributed by atoms with Crippen molar-refractivity contribution in [1.82, 2.24) is 0 Å². The van der Waals surface area contributed by atoms with Gasteiger partial charge in [-0.3, -0.25) is 14.4 Å². The van der Waals surface area contributed by atoms with Crippen molar-refractivity contribution in [3.05, 3.63) is 23.5 Å². The maximum atomic E-state index is 12.1. The quantitative estimate of drug-likeness (QED) is 0.244. The molecule has 0 aromatic rings. The molecule has 1 saturated carbocycles. The highest BCUT2D eigenvalue weighted by atomic mass is 16.5. The fourth-order valence-corrected chi connectivity index (χ4v) is 2.32. The van der Waals surface area contributed by atoms with Crippen molar-refractivity contribution < 1.29 is 38.1 Å². The molecule has 0 aromatic heterocycles. The molecule has 0 unspecified atom stereocenters. The van der Waals surface area contributed by atoms with Crippen LogP contribution in [0.3, 0.4) is 0 Å². The van der Waals surface area contributed by atoms with Crippen LogP contribution in [-0.2, 0) is 38.1 Å². The molecule has 1 aliphatic carbocycles. The van der Waals surface area contributed by atoms with Gasteiger partial charge in [0.05, 0.1) is 27.6 Å². The van der Waals surface area contributed by atoms with E-state index in [1.807, 2.05) is 0 Å². The van der Waals surface area contributed by atoms with Crippen molar-refractivity contribution in [3.8, 4) is 0 Å². The van der Waals surface area contributed by atoms with Gasteiger partial charge in [0.1, 0.15) is 0 Å². The van der Waals surface area contributed by atoms with Crippen molar-refractivity contribution >= 4 is 23.9 Å². The molecule has 1 fully saturated rings. The maximum Gasteiger partial charge on any atom is 0.330 e. The first kappa shape index (κ1) is 18.4. The van der Waals surface area contributed by atoms with Gasteiger partial charge >= 0.3 is 23.9 Å². The predicted octanol–water partition coefficient (Wildman–Crippen LogP) is 0.659. The minimum Gasteiger partial charge on any atom is -0.468 e. The molecule has 0 radical (unpaired) electrons. The average molecular weight is 326 g/mol. The van der Waals surface area contributed by atoms with Gasteiger partial charge in [-0.1, -0.05) is 0 Å². The van der Waals surface area contributed by atoms with Gasteiger partial charge in [0.2, 0.25) is 0 Å². The number of allylic oxidation sites excluding steroid dienone is 2. The van der Waals surface area contributed by atoms with E-state index in [0.717, 1.165) is 26.6 Å². The highest BCUT2D eigenvalue weighted by Crippen LogP contribution is 2.47. The van der Waals surface area contributed by atoms with Gasteiger partial charge in [-0.05, 0) is 11.1 Å². The Kier molecular flexibility index (Phi) is 6.06. The van der Waals surface area contributed by atoms with Crippen molar-refractivity contribution in [1.29, 1.82) is 0 Å². The van der Waals surface area contributed by atoms with Crippen LogP contribution >= 0.6 is 0 Å². The van der Waals surface area contributed by atoms with Crippen LogP contribution in [0.1, 0.15) is 19.8 Å². The number of hydrogen-bond acceptors (Lipinski definition) is 8. The second-order valence-electron chi connectivity index (χ2n) is 4.86. The van der Waals surface area contributed by atoms with Gasteiger partial charge in [-0.15, -0.1) is 0 Å². The van der Waals surface area contributed by atoms with E-state index in [2.05, 4.69) is 4.74 Å². The van der Waals surface area contributed by atoms with Crippen molar-refractivity contribution in [2.75, 3.05) is 21.3 Å². The van der Waals surface area contributed by atoms with Crippen LogP contribution in [0.4, 0.5) is 0 Å². The van der Waals surface area contributed by atoms with E-state index in [0.29, 0.717) is 11.1 Å². The molecule has 8 heteroatoms. The molecule has 0 aliphatic heterocycles. The zero-order chi connectivity index (χ0) is 17.6. The van der Waals surface area contributed by atoms with Gasteiger partial charge < -0.3 is 18.9 Å². The summed E-state index contributed by atoms with van der Waals surface area (Å²) in [6, 6.07) is 0. The van der Waals surface area contributed by atoms with E-state index in [9.17, 15) is 19.2 Å². The zero-order valence-corrected chi connectivity index (χ0v) is 13.3. The number of esters is 4. The summed E-state index contributed by atoms with van der Waals surface area (Å²) in [7, 11) is 3.48. The minimum atomic E-state index is -1.63. The number of carbonyl (C=O) groups excluding carboxylic acids is 4. The molecule has 0 atom stereocenters. The largest absolute Gasteiger partial charge is 0.468 e. The first-order chi connectivity index (χ1) is 10.8. The smallest absolute Gasteiger partial charge is 0.330 e. The predicted molar refractivity (Wildman–Crippen MR) is 75.6 cm³/mol. The SMILES string of the molecule is COC(=O)/C=C1\CC(C(=O)OC)(C(=O)OC)C\C1=C/OC(C)=O. The monoisotopic (exact) mass is 326 g/mol. The molecule has 0 heterocycles. The third kappa shape index (κ3) is 3.97. The Hall–Kier alpha value is -2.64. The van der Waals surface area contributed by atoms with Gasteiger partial charge in [0.15, 0.2) is 5.41 Å². The topological polar surface area (TPSA) is 105 Å². The van der Waals surface area contributed by atoms with Crippen LogP contribution < -0.4 is 0 Å². The average Bonchev–Trinajstić information content (AvgIpc) is 2.90. The number of hydrogen-bond donors (Lipinski definition) is 0. The Morgan fingerprint density at radius 3 is 1.87 bits per heavy atom. The Morgan fingerprint density at radius 1 is 0.913 bits per heavy atom. The van der Waals surface area contributed by atoms with Crippen molar-refractivity contribution in [2.45, 2.75) is 19.8 Å². The summed E-state index contributed by atoms with van der Waals surface area (Å²) >= 11 is 0. The molecule has 0 saturated heterocycles. The molecule has 126 valence electrons. The van der Waals surface area contributed by atoms with Crippen LogP contribution in [0, 0.1) is 5.41 Å². The van der Waals surface area contributed by atoms with E-state index in [4.69, 9.17) is 14.2 Å². The maximum absolute atomic E-state index is 12.1. The summed E-state index contributed by atoms with van der Waals surface area (Å²) < 4.78 is 18.7. The van der Waals surface area contributed by atoms with Crippen LogP contribution in [0.25, 0.3) is 0 Å².